The van der Waals surface area contributed by atoms with Crippen molar-refractivity contribution in [2.75, 3.05) is 31.1 Å². The number of aromatic nitrogens is 8. The molecule has 0 amide bonds. The number of imidazole rings is 1. The second kappa shape index (κ2) is 8.78. The quantitative estimate of drug-likeness (QED) is 0.433. The van der Waals surface area contributed by atoms with Crippen LogP contribution in [-0.2, 0) is 10.0 Å². The van der Waals surface area contributed by atoms with Crippen LogP contribution in [0, 0.1) is 26.6 Å². The molecule has 0 spiro atoms. The molecule has 0 unspecified atom stereocenters. The molecule has 0 aliphatic carbocycles. The number of anilines is 1. The topological polar surface area (TPSA) is 139 Å². The fraction of sp³-hybridized carbons (Fsp3) is 0.333. The minimum atomic E-state index is -3.85. The SMILES string of the molecule is Cc1nc(N2CCN(S(=O)(=O)c3ccc(F)c(-c4nn[nH]n4)c3)CC2)cc(-n2cnc(C)c2C)n1. The predicted molar refractivity (Wildman–Crippen MR) is 124 cm³/mol. The summed E-state index contributed by atoms with van der Waals surface area (Å²) in [5, 5.41) is 13.2. The van der Waals surface area contributed by atoms with E-state index >= 15 is 0 Å². The summed E-state index contributed by atoms with van der Waals surface area (Å²) >= 11 is 0. The molecule has 1 aliphatic heterocycles. The van der Waals surface area contributed by atoms with Crippen molar-refractivity contribution < 1.29 is 12.8 Å². The van der Waals surface area contributed by atoms with Crippen LogP contribution < -0.4 is 4.90 Å². The van der Waals surface area contributed by atoms with Gasteiger partial charge in [0.15, 0.2) is 0 Å². The third-order valence-corrected chi connectivity index (χ3v) is 7.93. The molecule has 1 aromatic carbocycles. The first-order chi connectivity index (χ1) is 16.7. The van der Waals surface area contributed by atoms with Gasteiger partial charge in [-0.05, 0) is 44.2 Å². The smallest absolute Gasteiger partial charge is 0.243 e. The van der Waals surface area contributed by atoms with Gasteiger partial charge in [0.1, 0.15) is 29.6 Å². The van der Waals surface area contributed by atoms with Crippen molar-refractivity contribution in [3.8, 4) is 17.2 Å². The lowest BCUT2D eigenvalue weighted by Crippen LogP contribution is -2.49. The van der Waals surface area contributed by atoms with E-state index in [9.17, 15) is 12.8 Å². The highest BCUT2D eigenvalue weighted by atomic mass is 32.2. The Hall–Kier alpha value is -3.78. The Morgan fingerprint density at radius 3 is 2.40 bits per heavy atom. The summed E-state index contributed by atoms with van der Waals surface area (Å²) < 4.78 is 44.1. The Bertz CT molecular complexity index is 1480. The number of tetrazole rings is 1. The first-order valence-electron chi connectivity index (χ1n) is 10.9. The highest BCUT2D eigenvalue weighted by Crippen LogP contribution is 2.26. The molecule has 0 bridgehead atoms. The van der Waals surface area contributed by atoms with Crippen LogP contribution in [0.5, 0.6) is 0 Å². The van der Waals surface area contributed by atoms with Crippen LogP contribution in [0.3, 0.4) is 0 Å². The third-order valence-electron chi connectivity index (χ3n) is 6.03. The number of nitrogens with zero attached hydrogens (tertiary/aromatic N) is 9. The number of sulfonamides is 1. The molecule has 3 aromatic heterocycles. The lowest BCUT2D eigenvalue weighted by molar-refractivity contribution is 0.383. The third kappa shape index (κ3) is 4.25. The number of piperazine rings is 1. The molecule has 5 rings (SSSR count). The van der Waals surface area contributed by atoms with E-state index in [1.165, 1.54) is 16.4 Å². The molecular weight excluding hydrogens is 475 g/mol. The van der Waals surface area contributed by atoms with Gasteiger partial charge in [-0.15, -0.1) is 10.2 Å². The van der Waals surface area contributed by atoms with E-state index in [4.69, 9.17) is 0 Å². The molecular formula is C21H23FN10O2S. The van der Waals surface area contributed by atoms with Gasteiger partial charge in [-0.3, -0.25) is 4.57 Å². The van der Waals surface area contributed by atoms with E-state index in [1.54, 1.807) is 6.33 Å². The number of rotatable bonds is 5. The highest BCUT2D eigenvalue weighted by molar-refractivity contribution is 7.89. The molecule has 4 aromatic rings. The minimum Gasteiger partial charge on any atom is -0.354 e. The van der Waals surface area contributed by atoms with Crippen LogP contribution in [0.2, 0.25) is 0 Å². The number of hydrogen-bond acceptors (Lipinski definition) is 9. The molecule has 1 saturated heterocycles. The largest absolute Gasteiger partial charge is 0.354 e. The Labute approximate surface area is 200 Å². The van der Waals surface area contributed by atoms with Crippen molar-refractivity contribution in [3.63, 3.8) is 0 Å². The molecule has 12 nitrogen and oxygen atoms in total. The maximum atomic E-state index is 14.3. The first kappa shape index (κ1) is 23.0. The summed E-state index contributed by atoms with van der Waals surface area (Å²) in [6.07, 6.45) is 1.73. The van der Waals surface area contributed by atoms with Gasteiger partial charge in [-0.1, -0.05) is 0 Å². The Kier molecular flexibility index (Phi) is 5.76. The van der Waals surface area contributed by atoms with Gasteiger partial charge in [0.25, 0.3) is 0 Å². The fourth-order valence-corrected chi connectivity index (χ4v) is 5.42. The average molecular weight is 499 g/mol. The molecule has 0 radical (unpaired) electrons. The van der Waals surface area contributed by atoms with Gasteiger partial charge in [0.2, 0.25) is 15.8 Å². The number of nitrogens with one attached hydrogen (secondary N) is 1. The van der Waals surface area contributed by atoms with E-state index in [-0.39, 0.29) is 29.4 Å². The average Bonchev–Trinajstić information content (AvgIpc) is 3.49. The second-order valence-corrected chi connectivity index (χ2v) is 10.1. The van der Waals surface area contributed by atoms with Crippen molar-refractivity contribution in [3.05, 3.63) is 53.6 Å². The molecule has 1 fully saturated rings. The Morgan fingerprint density at radius 2 is 1.74 bits per heavy atom. The highest BCUT2D eigenvalue weighted by Gasteiger charge is 2.30. The molecule has 14 heteroatoms. The van der Waals surface area contributed by atoms with Crippen molar-refractivity contribution in [1.82, 2.24) is 44.4 Å². The zero-order valence-corrected chi connectivity index (χ0v) is 20.2. The van der Waals surface area contributed by atoms with Crippen LogP contribution in [0.15, 0.2) is 35.5 Å². The number of aryl methyl sites for hydroxylation is 2. The van der Waals surface area contributed by atoms with Crippen molar-refractivity contribution >= 4 is 15.8 Å². The molecule has 0 atom stereocenters. The molecule has 0 saturated carbocycles. The Balaban J connectivity index is 1.36. The summed E-state index contributed by atoms with van der Waals surface area (Å²) in [5.41, 5.74) is 1.88. The zero-order valence-electron chi connectivity index (χ0n) is 19.3. The molecule has 35 heavy (non-hydrogen) atoms. The maximum Gasteiger partial charge on any atom is 0.243 e. The standard InChI is InChI=1S/C21H23FN10O2S/c1-13-14(2)32(12-23-13)20-11-19(24-15(3)25-20)30-6-8-31(9-7-30)35(33,34)16-4-5-18(22)17(10-16)21-26-28-29-27-21/h4-5,10-12H,6-9H2,1-3H3,(H,26,27,28,29). The lowest BCUT2D eigenvalue weighted by atomic mass is 10.2. The number of benzene rings is 1. The zero-order chi connectivity index (χ0) is 24.7. The normalized spacial score (nSPS) is 15.0. The monoisotopic (exact) mass is 498 g/mol. The van der Waals surface area contributed by atoms with E-state index < -0.39 is 15.8 Å². The number of hydrogen-bond donors (Lipinski definition) is 1. The second-order valence-electron chi connectivity index (χ2n) is 8.19. The molecule has 1 aliphatic rings. The van der Waals surface area contributed by atoms with Gasteiger partial charge in [0, 0.05) is 37.9 Å². The van der Waals surface area contributed by atoms with Gasteiger partial charge in [-0.25, -0.2) is 27.8 Å². The van der Waals surface area contributed by atoms with Crippen molar-refractivity contribution in [2.45, 2.75) is 25.7 Å². The van der Waals surface area contributed by atoms with Crippen LogP contribution in [0.1, 0.15) is 17.2 Å². The van der Waals surface area contributed by atoms with E-state index in [2.05, 4.69) is 35.6 Å². The van der Waals surface area contributed by atoms with E-state index in [1.807, 2.05) is 36.3 Å². The van der Waals surface area contributed by atoms with Crippen LogP contribution in [-0.4, -0.2) is 79.0 Å². The number of halogens is 1. The molecule has 4 heterocycles. The maximum absolute atomic E-state index is 14.3. The predicted octanol–water partition coefficient (Wildman–Crippen LogP) is 1.42. The summed E-state index contributed by atoms with van der Waals surface area (Å²) in [5.74, 6) is 1.40. The van der Waals surface area contributed by atoms with Crippen LogP contribution >= 0.6 is 0 Å². The van der Waals surface area contributed by atoms with Gasteiger partial charge >= 0.3 is 0 Å². The Morgan fingerprint density at radius 1 is 1.00 bits per heavy atom. The number of H-pyrrole nitrogens is 1. The van der Waals surface area contributed by atoms with Crippen LogP contribution in [0.4, 0.5) is 10.2 Å². The van der Waals surface area contributed by atoms with Crippen molar-refractivity contribution in [1.29, 1.82) is 0 Å². The summed E-state index contributed by atoms with van der Waals surface area (Å²) in [6, 6.07) is 5.45. The summed E-state index contributed by atoms with van der Waals surface area (Å²) in [4.78, 5) is 15.4. The van der Waals surface area contributed by atoms with Crippen molar-refractivity contribution in [2.24, 2.45) is 0 Å². The lowest BCUT2D eigenvalue weighted by Gasteiger charge is -2.34. The van der Waals surface area contributed by atoms with Crippen LogP contribution in [0.25, 0.3) is 17.2 Å². The fourth-order valence-electron chi connectivity index (χ4n) is 3.97. The summed E-state index contributed by atoms with van der Waals surface area (Å²) in [6.45, 7) is 7.11. The van der Waals surface area contributed by atoms with Gasteiger partial charge in [-0.2, -0.15) is 9.52 Å². The van der Waals surface area contributed by atoms with Gasteiger partial charge < -0.3 is 4.90 Å². The van der Waals surface area contributed by atoms with E-state index in [0.717, 1.165) is 23.3 Å². The minimum absolute atomic E-state index is 0.0115. The van der Waals surface area contributed by atoms with E-state index in [0.29, 0.717) is 24.7 Å². The first-order valence-corrected chi connectivity index (χ1v) is 12.3. The summed E-state index contributed by atoms with van der Waals surface area (Å²) in [7, 11) is -3.85. The van der Waals surface area contributed by atoms with Gasteiger partial charge in [0.05, 0.1) is 16.2 Å². The number of aromatic amines is 1. The molecule has 182 valence electrons. The molecule has 1 N–H and O–H groups in total.